The van der Waals surface area contributed by atoms with E-state index >= 15 is 0 Å². The Morgan fingerprint density at radius 2 is 1.92 bits per heavy atom. The van der Waals surface area contributed by atoms with Crippen LogP contribution in [-0.4, -0.2) is 11.9 Å². The fourth-order valence-corrected chi connectivity index (χ4v) is 2.98. The van der Waals surface area contributed by atoms with Crippen molar-refractivity contribution in [2.24, 2.45) is 23.2 Å². The van der Waals surface area contributed by atoms with Crippen LogP contribution < -0.4 is 5.32 Å². The van der Waals surface area contributed by atoms with Gasteiger partial charge in [-0.05, 0) is 25.2 Å². The summed E-state index contributed by atoms with van der Waals surface area (Å²) in [5, 5.41) is 3.06. The van der Waals surface area contributed by atoms with Crippen LogP contribution in [0, 0.1) is 23.2 Å². The molecule has 5 atom stereocenters. The van der Waals surface area contributed by atoms with Gasteiger partial charge in [-0.1, -0.05) is 20.8 Å². The van der Waals surface area contributed by atoms with Crippen LogP contribution in [0.3, 0.4) is 0 Å². The Balaban J connectivity index is 2.25. The molecule has 1 heterocycles. The predicted octanol–water partition coefficient (Wildman–Crippen LogP) is 1.80. The van der Waals surface area contributed by atoms with E-state index in [1.807, 2.05) is 0 Å². The first-order chi connectivity index (χ1) is 5.98. The van der Waals surface area contributed by atoms with Gasteiger partial charge in [0.25, 0.3) is 0 Å². The molecule has 2 fully saturated rings. The summed E-state index contributed by atoms with van der Waals surface area (Å²) < 4.78 is 0. The van der Waals surface area contributed by atoms with Crippen molar-refractivity contribution in [2.75, 3.05) is 0 Å². The van der Waals surface area contributed by atoms with Crippen LogP contribution in [0.25, 0.3) is 0 Å². The summed E-state index contributed by atoms with van der Waals surface area (Å²) in [6.07, 6.45) is 1.31. The van der Waals surface area contributed by atoms with Gasteiger partial charge in [0.1, 0.15) is 0 Å². The molecule has 2 heteroatoms. The van der Waals surface area contributed by atoms with Gasteiger partial charge >= 0.3 is 0 Å². The first kappa shape index (κ1) is 9.04. The molecule has 0 aromatic heterocycles. The largest absolute Gasteiger partial charge is 0.353 e. The zero-order valence-corrected chi connectivity index (χ0v) is 8.92. The van der Waals surface area contributed by atoms with Crippen LogP contribution in [-0.2, 0) is 4.79 Å². The maximum absolute atomic E-state index is 11.5. The summed E-state index contributed by atoms with van der Waals surface area (Å²) in [6.45, 7) is 8.78. The van der Waals surface area contributed by atoms with Gasteiger partial charge in [-0.25, -0.2) is 0 Å². The highest BCUT2D eigenvalue weighted by molar-refractivity contribution is 5.82. The van der Waals surface area contributed by atoms with Gasteiger partial charge in [-0.3, -0.25) is 4.79 Å². The summed E-state index contributed by atoms with van der Waals surface area (Å²) in [7, 11) is 0. The fourth-order valence-electron chi connectivity index (χ4n) is 2.98. The molecule has 1 N–H and O–H groups in total. The monoisotopic (exact) mass is 181 g/mol. The molecule has 0 aromatic carbocycles. The Morgan fingerprint density at radius 1 is 1.38 bits per heavy atom. The highest BCUT2D eigenvalue weighted by Gasteiger charge is 2.58. The second-order valence-electron chi connectivity index (χ2n) is 5.14. The first-order valence-corrected chi connectivity index (χ1v) is 5.28. The van der Waals surface area contributed by atoms with Crippen LogP contribution in [0.15, 0.2) is 0 Å². The predicted molar refractivity (Wildman–Crippen MR) is 52.1 cm³/mol. The minimum atomic E-state index is 0.192. The number of carbonyl (C=O) groups excluding carboxylic acids is 1. The van der Waals surface area contributed by atoms with Crippen molar-refractivity contribution in [3.63, 3.8) is 0 Å². The van der Waals surface area contributed by atoms with Crippen molar-refractivity contribution in [3.8, 4) is 0 Å². The Morgan fingerprint density at radius 3 is 2.23 bits per heavy atom. The van der Waals surface area contributed by atoms with Crippen LogP contribution in [0.1, 0.15) is 34.1 Å². The fraction of sp³-hybridized carbons (Fsp3) is 0.909. The summed E-state index contributed by atoms with van der Waals surface area (Å²) in [5.74, 6) is 2.02. The van der Waals surface area contributed by atoms with E-state index in [2.05, 4.69) is 33.0 Å². The van der Waals surface area contributed by atoms with Gasteiger partial charge in [0.15, 0.2) is 0 Å². The number of rotatable bonds is 1. The van der Waals surface area contributed by atoms with E-state index in [-0.39, 0.29) is 17.2 Å². The summed E-state index contributed by atoms with van der Waals surface area (Å²) in [6, 6.07) is 0.352. The van der Waals surface area contributed by atoms with E-state index in [1.54, 1.807) is 0 Å². The van der Waals surface area contributed by atoms with Crippen LogP contribution >= 0.6 is 0 Å². The highest BCUT2D eigenvalue weighted by Crippen LogP contribution is 2.57. The average Bonchev–Trinajstić information content (AvgIpc) is 2.75. The van der Waals surface area contributed by atoms with Crippen molar-refractivity contribution in [3.05, 3.63) is 0 Å². The van der Waals surface area contributed by atoms with Gasteiger partial charge in [0.2, 0.25) is 5.91 Å². The van der Waals surface area contributed by atoms with E-state index in [9.17, 15) is 4.79 Å². The van der Waals surface area contributed by atoms with Crippen LogP contribution in [0.4, 0.5) is 0 Å². The zero-order valence-electron chi connectivity index (χ0n) is 8.92. The Bertz CT molecular complexity index is 250. The standard InChI is InChI=1S/C11H19NO/c1-6-5-9(6)11(4)7(2)10(13)12-8(11)3/h6-9H,5H2,1-4H3,(H,12,13). The van der Waals surface area contributed by atoms with E-state index < -0.39 is 0 Å². The maximum atomic E-state index is 11.5. The topological polar surface area (TPSA) is 29.1 Å². The smallest absolute Gasteiger partial charge is 0.223 e. The molecule has 1 amide bonds. The molecule has 0 bridgehead atoms. The maximum Gasteiger partial charge on any atom is 0.223 e. The van der Waals surface area contributed by atoms with E-state index in [0.29, 0.717) is 6.04 Å². The Kier molecular flexibility index (Phi) is 1.73. The number of hydrogen-bond acceptors (Lipinski definition) is 1. The minimum Gasteiger partial charge on any atom is -0.353 e. The van der Waals surface area contributed by atoms with Crippen molar-refractivity contribution in [1.82, 2.24) is 5.32 Å². The van der Waals surface area contributed by atoms with E-state index in [4.69, 9.17) is 0 Å². The van der Waals surface area contributed by atoms with Gasteiger partial charge in [-0.2, -0.15) is 0 Å². The Hall–Kier alpha value is -0.530. The lowest BCUT2D eigenvalue weighted by Gasteiger charge is -2.32. The summed E-state index contributed by atoms with van der Waals surface area (Å²) >= 11 is 0. The molecule has 1 saturated carbocycles. The van der Waals surface area contributed by atoms with Crippen molar-refractivity contribution in [1.29, 1.82) is 0 Å². The average molecular weight is 181 g/mol. The Labute approximate surface area is 80.1 Å². The molecule has 2 rings (SSSR count). The molecule has 1 saturated heterocycles. The molecule has 2 aliphatic rings. The number of carbonyl (C=O) groups is 1. The molecule has 13 heavy (non-hydrogen) atoms. The van der Waals surface area contributed by atoms with Gasteiger partial charge in [0.05, 0.1) is 0 Å². The second kappa shape index (κ2) is 2.49. The van der Waals surface area contributed by atoms with Crippen LogP contribution in [0.2, 0.25) is 0 Å². The lowest BCUT2D eigenvalue weighted by molar-refractivity contribution is -0.123. The van der Waals surface area contributed by atoms with E-state index in [0.717, 1.165) is 11.8 Å². The molecule has 74 valence electrons. The summed E-state index contributed by atoms with van der Waals surface area (Å²) in [5.41, 5.74) is 0.205. The van der Waals surface area contributed by atoms with Crippen molar-refractivity contribution in [2.45, 2.75) is 40.2 Å². The third-order valence-electron chi connectivity index (χ3n) is 4.53. The molecular weight excluding hydrogens is 162 g/mol. The molecule has 0 aromatic rings. The molecular formula is C11H19NO. The molecule has 5 unspecified atom stereocenters. The quantitative estimate of drug-likeness (QED) is 0.656. The molecule has 1 aliphatic carbocycles. The second-order valence-corrected chi connectivity index (χ2v) is 5.14. The third kappa shape index (κ3) is 1.04. The first-order valence-electron chi connectivity index (χ1n) is 5.28. The van der Waals surface area contributed by atoms with Gasteiger partial charge < -0.3 is 5.32 Å². The number of hydrogen-bond donors (Lipinski definition) is 1. The lowest BCUT2D eigenvalue weighted by Crippen LogP contribution is -2.36. The van der Waals surface area contributed by atoms with Crippen molar-refractivity contribution < 1.29 is 4.79 Å². The molecule has 0 radical (unpaired) electrons. The van der Waals surface area contributed by atoms with Crippen molar-refractivity contribution >= 4 is 5.91 Å². The van der Waals surface area contributed by atoms with Gasteiger partial charge in [-0.15, -0.1) is 0 Å². The SMILES string of the molecule is CC1CC1C1(C)C(C)NC(=O)C1C. The zero-order chi connectivity index (χ0) is 9.80. The number of amides is 1. The van der Waals surface area contributed by atoms with Gasteiger partial charge in [0, 0.05) is 17.4 Å². The number of nitrogens with one attached hydrogen (secondary N) is 1. The third-order valence-corrected chi connectivity index (χ3v) is 4.53. The molecule has 2 nitrogen and oxygen atoms in total. The lowest BCUT2D eigenvalue weighted by atomic mass is 9.71. The van der Waals surface area contributed by atoms with E-state index in [1.165, 1.54) is 6.42 Å². The minimum absolute atomic E-state index is 0.192. The normalized spacial score (nSPS) is 54.9. The van der Waals surface area contributed by atoms with Crippen LogP contribution in [0.5, 0.6) is 0 Å². The summed E-state index contributed by atoms with van der Waals surface area (Å²) in [4.78, 5) is 11.5. The highest BCUT2D eigenvalue weighted by atomic mass is 16.2. The molecule has 0 spiro atoms. The molecule has 1 aliphatic heterocycles.